The smallest absolute Gasteiger partial charge is 0.258 e. The van der Waals surface area contributed by atoms with Crippen molar-refractivity contribution in [2.24, 2.45) is 7.05 Å². The number of methoxy groups -OCH3 is 1. The molecular weight excluding hydrogens is 439 g/mol. The molecule has 1 fully saturated rings. The number of anilines is 2. The van der Waals surface area contributed by atoms with Crippen LogP contribution in [0.25, 0.3) is 22.6 Å². The molecule has 5 rings (SSSR count). The van der Waals surface area contributed by atoms with Crippen LogP contribution in [0, 0.1) is 5.82 Å². The summed E-state index contributed by atoms with van der Waals surface area (Å²) in [7, 11) is 5.30. The number of aromatic amines is 1. The number of imidazole rings is 1. The highest BCUT2D eigenvalue weighted by atomic mass is 19.1. The van der Waals surface area contributed by atoms with E-state index in [1.165, 1.54) is 13.2 Å². The normalized spacial score (nSPS) is 14.5. The van der Waals surface area contributed by atoms with Crippen molar-refractivity contribution < 1.29 is 13.9 Å². The molecular formula is C23H25FN8O2. The first-order chi connectivity index (χ1) is 16.4. The number of aromatic nitrogens is 5. The zero-order chi connectivity index (χ0) is 23.8. The molecule has 0 bridgehead atoms. The quantitative estimate of drug-likeness (QED) is 0.468. The van der Waals surface area contributed by atoms with E-state index in [0.717, 1.165) is 32.0 Å². The van der Waals surface area contributed by atoms with Gasteiger partial charge in [-0.3, -0.25) is 9.48 Å². The third-order valence-electron chi connectivity index (χ3n) is 5.96. The van der Waals surface area contributed by atoms with Gasteiger partial charge in [-0.1, -0.05) is 0 Å². The maximum absolute atomic E-state index is 14.4. The third-order valence-corrected chi connectivity index (χ3v) is 5.96. The second-order valence-electron chi connectivity index (χ2n) is 8.28. The third kappa shape index (κ3) is 4.17. The SMILES string of the molecule is COc1cc(F)c2[nH]c(-c3cc(NC(=O)c4ccc(N5CCN(C)CC5)nc4)nn3C)nc2c1. The monoisotopic (exact) mass is 464 g/mol. The first-order valence-electron chi connectivity index (χ1n) is 10.9. The highest BCUT2D eigenvalue weighted by molar-refractivity contribution is 6.03. The molecule has 0 unspecified atom stereocenters. The van der Waals surface area contributed by atoms with Crippen molar-refractivity contribution in [3.8, 4) is 17.3 Å². The fraction of sp³-hybridized carbons (Fsp3) is 0.304. The topological polar surface area (TPSA) is 104 Å². The van der Waals surface area contributed by atoms with Gasteiger partial charge in [0.2, 0.25) is 0 Å². The number of hydrogen-bond acceptors (Lipinski definition) is 7. The number of hydrogen-bond donors (Lipinski definition) is 2. The molecule has 0 atom stereocenters. The highest BCUT2D eigenvalue weighted by Gasteiger charge is 2.18. The Morgan fingerprint density at radius 3 is 2.65 bits per heavy atom. The predicted octanol–water partition coefficient (Wildman–Crippen LogP) is 2.51. The molecule has 10 nitrogen and oxygen atoms in total. The number of amides is 1. The second kappa shape index (κ2) is 8.75. The Bertz CT molecular complexity index is 1340. The summed E-state index contributed by atoms with van der Waals surface area (Å²) in [5.74, 6) is 1.24. The van der Waals surface area contributed by atoms with Crippen LogP contribution in [-0.4, -0.2) is 75.9 Å². The van der Waals surface area contributed by atoms with Crippen molar-refractivity contribution in [1.82, 2.24) is 29.6 Å². The van der Waals surface area contributed by atoms with E-state index in [1.807, 2.05) is 6.07 Å². The summed E-state index contributed by atoms with van der Waals surface area (Å²) in [5.41, 5.74) is 1.73. The first kappa shape index (κ1) is 21.8. The minimum atomic E-state index is -0.462. The molecule has 34 heavy (non-hydrogen) atoms. The van der Waals surface area contributed by atoms with Gasteiger partial charge in [-0.25, -0.2) is 14.4 Å². The Hall–Kier alpha value is -3.99. The molecule has 3 aromatic heterocycles. The summed E-state index contributed by atoms with van der Waals surface area (Å²) in [6.07, 6.45) is 1.57. The van der Waals surface area contributed by atoms with Gasteiger partial charge >= 0.3 is 0 Å². The Labute approximate surface area is 195 Å². The van der Waals surface area contributed by atoms with Crippen molar-refractivity contribution in [3.05, 3.63) is 47.9 Å². The summed E-state index contributed by atoms with van der Waals surface area (Å²) < 4.78 is 21.0. The van der Waals surface area contributed by atoms with Gasteiger partial charge in [0.25, 0.3) is 5.91 Å². The number of carbonyl (C=O) groups is 1. The van der Waals surface area contributed by atoms with Crippen molar-refractivity contribution in [2.45, 2.75) is 0 Å². The maximum Gasteiger partial charge on any atom is 0.258 e. The minimum Gasteiger partial charge on any atom is -0.497 e. The van der Waals surface area contributed by atoms with Crippen LogP contribution >= 0.6 is 0 Å². The van der Waals surface area contributed by atoms with Crippen LogP contribution in [0.2, 0.25) is 0 Å². The zero-order valence-electron chi connectivity index (χ0n) is 19.2. The van der Waals surface area contributed by atoms with Crippen LogP contribution in [0.15, 0.2) is 36.5 Å². The van der Waals surface area contributed by atoms with Crippen molar-refractivity contribution in [1.29, 1.82) is 0 Å². The lowest BCUT2D eigenvalue weighted by Gasteiger charge is -2.33. The van der Waals surface area contributed by atoms with Gasteiger partial charge in [0.1, 0.15) is 22.8 Å². The van der Waals surface area contributed by atoms with E-state index in [0.29, 0.717) is 34.2 Å². The molecule has 0 aliphatic carbocycles. The fourth-order valence-corrected chi connectivity index (χ4v) is 3.97. The summed E-state index contributed by atoms with van der Waals surface area (Å²) in [5, 5.41) is 7.14. The highest BCUT2D eigenvalue weighted by Crippen LogP contribution is 2.27. The molecule has 0 spiro atoms. The average molecular weight is 465 g/mol. The van der Waals surface area contributed by atoms with E-state index in [2.05, 4.69) is 42.2 Å². The molecule has 0 radical (unpaired) electrons. The number of rotatable bonds is 5. The number of pyridine rings is 1. The van der Waals surface area contributed by atoms with Crippen LogP contribution in [0.3, 0.4) is 0 Å². The molecule has 4 aromatic rings. The van der Waals surface area contributed by atoms with Crippen LogP contribution < -0.4 is 15.0 Å². The second-order valence-corrected chi connectivity index (χ2v) is 8.28. The van der Waals surface area contributed by atoms with E-state index in [1.54, 1.807) is 36.1 Å². The number of piperazine rings is 1. The molecule has 1 saturated heterocycles. The molecule has 11 heteroatoms. The van der Waals surface area contributed by atoms with Crippen LogP contribution in [-0.2, 0) is 7.05 Å². The van der Waals surface area contributed by atoms with Gasteiger partial charge in [-0.15, -0.1) is 0 Å². The van der Waals surface area contributed by atoms with Crippen molar-refractivity contribution in [3.63, 3.8) is 0 Å². The maximum atomic E-state index is 14.4. The molecule has 1 aliphatic heterocycles. The lowest BCUT2D eigenvalue weighted by molar-refractivity contribution is 0.102. The van der Waals surface area contributed by atoms with E-state index in [9.17, 15) is 9.18 Å². The summed E-state index contributed by atoms with van der Waals surface area (Å²) in [6.45, 7) is 3.78. The van der Waals surface area contributed by atoms with Crippen molar-refractivity contribution >= 4 is 28.6 Å². The Morgan fingerprint density at radius 1 is 1.15 bits per heavy atom. The van der Waals surface area contributed by atoms with Gasteiger partial charge in [-0.05, 0) is 19.2 Å². The number of halogens is 1. The molecule has 1 aromatic carbocycles. The number of ether oxygens (including phenoxy) is 1. The number of carbonyl (C=O) groups excluding carboxylic acids is 1. The number of likely N-dealkylation sites (N-methyl/N-ethyl adjacent to an activating group) is 1. The Morgan fingerprint density at radius 2 is 1.94 bits per heavy atom. The molecule has 176 valence electrons. The number of benzene rings is 1. The summed E-state index contributed by atoms with van der Waals surface area (Å²) in [4.78, 5) is 29.1. The molecule has 4 heterocycles. The van der Waals surface area contributed by atoms with E-state index in [4.69, 9.17) is 4.74 Å². The Kier molecular flexibility index (Phi) is 5.62. The summed E-state index contributed by atoms with van der Waals surface area (Å²) >= 11 is 0. The van der Waals surface area contributed by atoms with Gasteiger partial charge in [0.15, 0.2) is 17.5 Å². The predicted molar refractivity (Wildman–Crippen MR) is 127 cm³/mol. The molecule has 1 aliphatic rings. The van der Waals surface area contributed by atoms with Crippen LogP contribution in [0.5, 0.6) is 5.75 Å². The van der Waals surface area contributed by atoms with Gasteiger partial charge in [0.05, 0.1) is 18.2 Å². The van der Waals surface area contributed by atoms with Gasteiger partial charge in [0, 0.05) is 57.6 Å². The molecule has 2 N–H and O–H groups in total. The largest absolute Gasteiger partial charge is 0.497 e. The first-order valence-corrected chi connectivity index (χ1v) is 10.9. The van der Waals surface area contributed by atoms with Gasteiger partial charge < -0.3 is 24.8 Å². The summed E-state index contributed by atoms with van der Waals surface area (Å²) in [6, 6.07) is 8.24. The van der Waals surface area contributed by atoms with E-state index >= 15 is 0 Å². The molecule has 0 saturated carbocycles. The Balaban J connectivity index is 1.32. The van der Waals surface area contributed by atoms with Crippen LogP contribution in [0.4, 0.5) is 16.0 Å². The minimum absolute atomic E-state index is 0.272. The lowest BCUT2D eigenvalue weighted by atomic mass is 10.2. The average Bonchev–Trinajstić information content (AvgIpc) is 3.42. The van der Waals surface area contributed by atoms with E-state index in [-0.39, 0.29) is 11.4 Å². The number of fused-ring (bicyclic) bond motifs is 1. The molecule has 1 amide bonds. The number of H-pyrrole nitrogens is 1. The number of nitrogens with zero attached hydrogens (tertiary/aromatic N) is 6. The standard InChI is InChI=1S/C23H25FN8O2/c1-30-6-8-32(9-7-30)20-5-4-14(13-25-20)23(33)27-19-12-18(31(2)29-19)22-26-17-11-15(34-3)10-16(24)21(17)28-22/h4-5,10-13H,6-9H2,1-3H3,(H,26,28)(H,27,29,33). The number of nitrogens with one attached hydrogen (secondary N) is 2. The number of aryl methyl sites for hydroxylation is 1. The van der Waals surface area contributed by atoms with Crippen molar-refractivity contribution in [2.75, 3.05) is 50.6 Å². The zero-order valence-corrected chi connectivity index (χ0v) is 19.2. The fourth-order valence-electron chi connectivity index (χ4n) is 3.97. The van der Waals surface area contributed by atoms with E-state index < -0.39 is 5.82 Å². The van der Waals surface area contributed by atoms with Gasteiger partial charge in [-0.2, -0.15) is 5.10 Å². The van der Waals surface area contributed by atoms with Crippen LogP contribution in [0.1, 0.15) is 10.4 Å². The lowest BCUT2D eigenvalue weighted by Crippen LogP contribution is -2.44.